The van der Waals surface area contributed by atoms with Crippen molar-refractivity contribution in [1.82, 2.24) is 0 Å². The minimum absolute atomic E-state index is 0.0586. The first kappa shape index (κ1) is 20.8. The highest BCUT2D eigenvalue weighted by Crippen LogP contribution is 2.30. The topological polar surface area (TPSA) is 116 Å². The summed E-state index contributed by atoms with van der Waals surface area (Å²) in [6.45, 7) is 1.24. The van der Waals surface area contributed by atoms with Crippen LogP contribution in [0.15, 0.2) is 42.5 Å². The molecule has 1 amide bonds. The summed E-state index contributed by atoms with van der Waals surface area (Å²) in [6, 6.07) is 10.7. The van der Waals surface area contributed by atoms with E-state index in [2.05, 4.69) is 5.32 Å². The molecule has 144 valence electrons. The number of hydrogen-bond acceptors (Lipinski definition) is 6. The summed E-state index contributed by atoms with van der Waals surface area (Å²) in [5, 5.41) is 14.2. The largest absolute Gasteiger partial charge is 0.321 e. The molecule has 2 aromatic carbocycles. The van der Waals surface area contributed by atoms with E-state index < -0.39 is 27.1 Å². The summed E-state index contributed by atoms with van der Waals surface area (Å²) < 4.78 is 28.4. The molecule has 0 heterocycles. The van der Waals surface area contributed by atoms with Crippen LogP contribution in [0.2, 0.25) is 5.02 Å². The number of carbonyl (C=O) groups excluding carboxylic acids is 1. The van der Waals surface area contributed by atoms with Crippen LogP contribution in [0.4, 0.5) is 11.4 Å². The Hall–Kier alpha value is -2.49. The minimum Gasteiger partial charge on any atom is -0.321 e. The fourth-order valence-corrected chi connectivity index (χ4v) is 3.19. The van der Waals surface area contributed by atoms with Crippen LogP contribution in [-0.2, 0) is 25.5 Å². The lowest BCUT2D eigenvalue weighted by atomic mass is 10.0. The van der Waals surface area contributed by atoms with Crippen molar-refractivity contribution in [3.05, 3.63) is 68.7 Å². The van der Waals surface area contributed by atoms with Gasteiger partial charge in [0.05, 0.1) is 11.2 Å². The van der Waals surface area contributed by atoms with Crippen molar-refractivity contribution in [2.75, 3.05) is 11.6 Å². The maximum absolute atomic E-state index is 11.6. The predicted octanol–water partition coefficient (Wildman–Crippen LogP) is 3.47. The second-order valence-electron chi connectivity index (χ2n) is 5.83. The molecule has 0 aliphatic carbocycles. The average Bonchev–Trinajstić information content (AvgIpc) is 2.54. The molecule has 0 saturated heterocycles. The van der Waals surface area contributed by atoms with E-state index in [1.54, 1.807) is 30.3 Å². The van der Waals surface area contributed by atoms with Gasteiger partial charge in [0.25, 0.3) is 15.8 Å². The van der Waals surface area contributed by atoms with E-state index in [1.165, 1.54) is 19.1 Å². The van der Waals surface area contributed by atoms with Crippen molar-refractivity contribution in [1.29, 1.82) is 0 Å². The maximum Gasteiger partial charge on any atom is 0.293 e. The molecular weight excluding hydrogens is 396 g/mol. The molecule has 2 rings (SSSR count). The van der Waals surface area contributed by atoms with Gasteiger partial charge in [-0.15, -0.1) is 0 Å². The molecule has 0 aromatic heterocycles. The Kier molecular flexibility index (Phi) is 6.53. The lowest BCUT2D eigenvalue weighted by Gasteiger charge is -2.17. The van der Waals surface area contributed by atoms with Gasteiger partial charge in [0.2, 0.25) is 5.91 Å². The zero-order valence-electron chi connectivity index (χ0n) is 14.5. The molecule has 1 unspecified atom stereocenters. The Labute approximate surface area is 161 Å². The molecule has 0 bridgehead atoms. The van der Waals surface area contributed by atoms with E-state index in [9.17, 15) is 23.3 Å². The number of carbonyl (C=O) groups is 1. The lowest BCUT2D eigenvalue weighted by Crippen LogP contribution is -2.13. The summed E-state index contributed by atoms with van der Waals surface area (Å²) in [5.74, 6) is -0.440. The first-order valence-electron chi connectivity index (χ1n) is 7.74. The Morgan fingerprint density at radius 3 is 2.41 bits per heavy atom. The number of nitro groups is 1. The van der Waals surface area contributed by atoms with Gasteiger partial charge in [-0.05, 0) is 29.3 Å². The van der Waals surface area contributed by atoms with Crippen LogP contribution in [0.1, 0.15) is 24.2 Å². The van der Waals surface area contributed by atoms with E-state index >= 15 is 0 Å². The molecular formula is C17H17ClN2O6S. The number of nitrogens with one attached hydrogen (secondary N) is 1. The molecule has 0 aliphatic heterocycles. The van der Waals surface area contributed by atoms with Gasteiger partial charge in [0.1, 0.15) is 11.8 Å². The third kappa shape index (κ3) is 6.31. The Balaban J connectivity index is 2.38. The summed E-state index contributed by atoms with van der Waals surface area (Å²) >= 11 is 5.86. The standard InChI is InChI=1S/C17H17ClN2O6S/c1-11(21)19-15-8-3-12(9-16(15)20(22)23)10-17(26-27(2,24)25)13-4-6-14(18)7-5-13/h3-9,17H,10H2,1-2H3,(H,19,21). The predicted molar refractivity (Wildman–Crippen MR) is 101 cm³/mol. The highest BCUT2D eigenvalue weighted by Gasteiger charge is 2.21. The molecule has 1 atom stereocenters. The van der Waals surface area contributed by atoms with Crippen molar-refractivity contribution in [2.45, 2.75) is 19.4 Å². The highest BCUT2D eigenvalue weighted by molar-refractivity contribution is 7.86. The van der Waals surface area contributed by atoms with Gasteiger partial charge in [-0.1, -0.05) is 29.8 Å². The minimum atomic E-state index is -3.78. The third-order valence-corrected chi connectivity index (χ3v) is 4.36. The van der Waals surface area contributed by atoms with Gasteiger partial charge in [-0.3, -0.25) is 19.1 Å². The third-order valence-electron chi connectivity index (χ3n) is 3.52. The Morgan fingerprint density at radius 2 is 1.89 bits per heavy atom. The van der Waals surface area contributed by atoms with E-state index in [0.717, 1.165) is 6.26 Å². The molecule has 2 aromatic rings. The van der Waals surface area contributed by atoms with Gasteiger partial charge in [0, 0.05) is 24.4 Å². The highest BCUT2D eigenvalue weighted by atomic mass is 35.5. The van der Waals surface area contributed by atoms with Crippen molar-refractivity contribution < 1.29 is 22.3 Å². The fourth-order valence-electron chi connectivity index (χ4n) is 2.46. The molecule has 10 heteroatoms. The monoisotopic (exact) mass is 412 g/mol. The van der Waals surface area contributed by atoms with Crippen LogP contribution in [0.25, 0.3) is 0 Å². The molecule has 27 heavy (non-hydrogen) atoms. The van der Waals surface area contributed by atoms with Crippen LogP contribution in [-0.4, -0.2) is 25.5 Å². The van der Waals surface area contributed by atoms with Gasteiger partial charge in [-0.25, -0.2) is 0 Å². The summed E-state index contributed by atoms with van der Waals surface area (Å²) in [6.07, 6.45) is 0.109. The summed E-state index contributed by atoms with van der Waals surface area (Å²) in [7, 11) is -3.78. The van der Waals surface area contributed by atoms with E-state index in [0.29, 0.717) is 16.1 Å². The van der Waals surface area contributed by atoms with Crippen molar-refractivity contribution in [2.24, 2.45) is 0 Å². The second-order valence-corrected chi connectivity index (χ2v) is 7.87. The molecule has 8 nitrogen and oxygen atoms in total. The van der Waals surface area contributed by atoms with Crippen molar-refractivity contribution in [3.8, 4) is 0 Å². The Bertz CT molecular complexity index is 960. The lowest BCUT2D eigenvalue weighted by molar-refractivity contribution is -0.384. The average molecular weight is 413 g/mol. The van der Waals surface area contributed by atoms with Crippen LogP contribution in [0.5, 0.6) is 0 Å². The number of benzene rings is 2. The zero-order chi connectivity index (χ0) is 20.2. The number of hydrogen-bond donors (Lipinski definition) is 1. The number of nitro benzene ring substituents is 1. The van der Waals surface area contributed by atoms with E-state index in [1.807, 2.05) is 0 Å². The number of halogens is 1. The maximum atomic E-state index is 11.6. The molecule has 0 fully saturated rings. The first-order chi connectivity index (χ1) is 12.5. The first-order valence-corrected chi connectivity index (χ1v) is 9.93. The smallest absolute Gasteiger partial charge is 0.293 e. The number of amides is 1. The molecule has 1 N–H and O–H groups in total. The van der Waals surface area contributed by atoms with Crippen LogP contribution in [0, 0.1) is 10.1 Å². The SMILES string of the molecule is CC(=O)Nc1ccc(CC(OS(C)(=O)=O)c2ccc(Cl)cc2)cc1[N+](=O)[O-]. The van der Waals surface area contributed by atoms with Gasteiger partial charge >= 0.3 is 0 Å². The molecule has 0 radical (unpaired) electrons. The van der Waals surface area contributed by atoms with Crippen molar-refractivity contribution in [3.63, 3.8) is 0 Å². The summed E-state index contributed by atoms with van der Waals surface area (Å²) in [4.78, 5) is 21.9. The quantitative estimate of drug-likeness (QED) is 0.423. The summed E-state index contributed by atoms with van der Waals surface area (Å²) in [5.41, 5.74) is 0.790. The van der Waals surface area contributed by atoms with Crippen molar-refractivity contribution >= 4 is 39.0 Å². The van der Waals surface area contributed by atoms with Crippen LogP contribution >= 0.6 is 11.6 Å². The zero-order valence-corrected chi connectivity index (χ0v) is 16.1. The van der Waals surface area contributed by atoms with E-state index in [-0.39, 0.29) is 17.8 Å². The van der Waals surface area contributed by atoms with Gasteiger partial charge < -0.3 is 5.32 Å². The van der Waals surface area contributed by atoms with Gasteiger partial charge in [0.15, 0.2) is 0 Å². The van der Waals surface area contributed by atoms with Crippen LogP contribution in [0.3, 0.4) is 0 Å². The Morgan fingerprint density at radius 1 is 1.26 bits per heavy atom. The van der Waals surface area contributed by atoms with E-state index in [4.69, 9.17) is 15.8 Å². The molecule has 0 spiro atoms. The molecule has 0 saturated carbocycles. The molecule has 0 aliphatic rings. The van der Waals surface area contributed by atoms with Gasteiger partial charge in [-0.2, -0.15) is 8.42 Å². The normalized spacial score (nSPS) is 12.4. The second kappa shape index (κ2) is 8.47. The number of nitrogens with zero attached hydrogens (tertiary/aromatic N) is 1. The number of anilines is 1. The fraction of sp³-hybridized carbons (Fsp3) is 0.235. The number of rotatable bonds is 7. The van der Waals surface area contributed by atoms with Crippen LogP contribution < -0.4 is 5.32 Å².